The van der Waals surface area contributed by atoms with Crippen molar-refractivity contribution < 1.29 is 29.0 Å². The van der Waals surface area contributed by atoms with Crippen molar-refractivity contribution >= 4 is 51.0 Å². The van der Waals surface area contributed by atoms with Crippen LogP contribution in [-0.2, 0) is 23.9 Å². The molecule has 10 heteroatoms. The van der Waals surface area contributed by atoms with Gasteiger partial charge in [0, 0.05) is 11.4 Å². The summed E-state index contributed by atoms with van der Waals surface area (Å²) in [6.07, 6.45) is 4.83. The van der Waals surface area contributed by atoms with Crippen molar-refractivity contribution in [1.82, 2.24) is 4.90 Å². The van der Waals surface area contributed by atoms with Gasteiger partial charge in [-0.25, -0.2) is 0 Å². The number of anilines is 1. The van der Waals surface area contributed by atoms with Gasteiger partial charge in [0.15, 0.2) is 0 Å². The molecule has 3 aliphatic heterocycles. The Bertz CT molecular complexity index is 1120. The zero-order valence-corrected chi connectivity index (χ0v) is 24.7. The smallest absolute Gasteiger partial charge is 0.312 e. The van der Waals surface area contributed by atoms with Crippen molar-refractivity contribution in [3.05, 3.63) is 54.1 Å². The molecule has 212 valence electrons. The van der Waals surface area contributed by atoms with Crippen molar-refractivity contribution in [1.29, 1.82) is 0 Å². The predicted octanol–water partition coefficient (Wildman–Crippen LogP) is 4.20. The SMILES string of the molecule is C=CCCCOC(=O)[C@H]1[C@H]2C(=O)N([C@@H](CC)CO)C(C(=O)N(CC=C)c3c(C)cccc3Cl)C23CC(Br)[C@@H]1O3. The molecular weight excluding hydrogens is 588 g/mol. The molecule has 4 rings (SSSR count). The Balaban J connectivity index is 1.80. The molecule has 1 spiro atoms. The van der Waals surface area contributed by atoms with Gasteiger partial charge in [0.2, 0.25) is 5.91 Å². The molecule has 7 atom stereocenters. The van der Waals surface area contributed by atoms with Crippen molar-refractivity contribution in [2.24, 2.45) is 11.8 Å². The van der Waals surface area contributed by atoms with Crippen LogP contribution < -0.4 is 4.90 Å². The first-order valence-electron chi connectivity index (χ1n) is 13.4. The number of allylic oxidation sites excluding steroid dienone is 1. The molecule has 1 N–H and O–H groups in total. The minimum Gasteiger partial charge on any atom is -0.465 e. The highest BCUT2D eigenvalue weighted by molar-refractivity contribution is 9.09. The van der Waals surface area contributed by atoms with Crippen LogP contribution in [0.25, 0.3) is 0 Å². The van der Waals surface area contributed by atoms with E-state index in [1.807, 2.05) is 19.9 Å². The molecule has 0 saturated carbocycles. The van der Waals surface area contributed by atoms with Crippen LogP contribution in [-0.4, -0.2) is 76.2 Å². The average Bonchev–Trinajstić information content (AvgIpc) is 3.50. The van der Waals surface area contributed by atoms with Crippen LogP contribution >= 0.6 is 27.5 Å². The maximum atomic E-state index is 14.6. The van der Waals surface area contributed by atoms with E-state index in [1.165, 1.54) is 9.80 Å². The van der Waals surface area contributed by atoms with Crippen LogP contribution in [0, 0.1) is 18.8 Å². The number of nitrogens with zero attached hydrogens (tertiary/aromatic N) is 2. The van der Waals surface area contributed by atoms with Crippen molar-refractivity contribution in [3.63, 3.8) is 0 Å². The summed E-state index contributed by atoms with van der Waals surface area (Å²) in [5.74, 6) is -3.06. The van der Waals surface area contributed by atoms with Gasteiger partial charge >= 0.3 is 5.97 Å². The maximum Gasteiger partial charge on any atom is 0.312 e. The molecule has 39 heavy (non-hydrogen) atoms. The van der Waals surface area contributed by atoms with Crippen LogP contribution in [0.5, 0.6) is 0 Å². The first kappa shape index (κ1) is 29.8. The number of benzene rings is 1. The number of para-hydroxylation sites is 1. The fourth-order valence-corrected chi connectivity index (χ4v) is 7.72. The summed E-state index contributed by atoms with van der Waals surface area (Å²) < 4.78 is 12.1. The van der Waals surface area contributed by atoms with Crippen molar-refractivity contribution in [2.75, 3.05) is 24.7 Å². The third-order valence-corrected chi connectivity index (χ3v) is 9.29. The molecule has 3 saturated heterocycles. The summed E-state index contributed by atoms with van der Waals surface area (Å²) in [6, 6.07) is 3.66. The standard InChI is InChI=1S/C29H36BrClN2O6/c1-5-8-9-14-38-28(37)21-22-26(35)33(18(7-3)16-34)25(29(22)15-19(30)24(21)39-29)27(36)32(13-6-2)23-17(4)11-10-12-20(23)31/h5-6,10-12,18-19,21-22,24-25,34H,1-2,7-9,13-16H2,3-4H3/t18-,19?,21-,22-,24-,25?,29?/m0/s1. The average molecular weight is 624 g/mol. The lowest BCUT2D eigenvalue weighted by Gasteiger charge is -2.39. The van der Waals surface area contributed by atoms with Gasteiger partial charge < -0.3 is 24.4 Å². The number of amides is 2. The zero-order valence-electron chi connectivity index (χ0n) is 22.4. The molecule has 1 aromatic rings. The summed E-state index contributed by atoms with van der Waals surface area (Å²) in [5.41, 5.74) is 0.0388. The summed E-state index contributed by atoms with van der Waals surface area (Å²) in [4.78, 5) is 44.9. The van der Waals surface area contributed by atoms with Gasteiger partial charge in [-0.1, -0.05) is 58.7 Å². The molecule has 2 bridgehead atoms. The molecule has 3 aliphatic rings. The Labute approximate surface area is 243 Å². The molecule has 1 aromatic carbocycles. The highest BCUT2D eigenvalue weighted by Gasteiger charge is 2.77. The van der Waals surface area contributed by atoms with Gasteiger partial charge in [0.1, 0.15) is 11.6 Å². The van der Waals surface area contributed by atoms with E-state index < -0.39 is 47.5 Å². The monoisotopic (exact) mass is 622 g/mol. The van der Waals surface area contributed by atoms with Gasteiger partial charge in [-0.3, -0.25) is 14.4 Å². The van der Waals surface area contributed by atoms with E-state index in [0.29, 0.717) is 36.4 Å². The number of esters is 1. The normalized spacial score (nSPS) is 29.7. The summed E-state index contributed by atoms with van der Waals surface area (Å²) in [5, 5.41) is 10.7. The van der Waals surface area contributed by atoms with Gasteiger partial charge in [-0.15, -0.1) is 13.2 Å². The van der Waals surface area contributed by atoms with Gasteiger partial charge in [0.25, 0.3) is 5.91 Å². The number of ether oxygens (including phenoxy) is 2. The van der Waals surface area contributed by atoms with E-state index in [2.05, 4.69) is 29.1 Å². The molecule has 3 unspecified atom stereocenters. The Morgan fingerprint density at radius 3 is 2.74 bits per heavy atom. The quantitative estimate of drug-likeness (QED) is 0.162. The van der Waals surface area contributed by atoms with E-state index >= 15 is 0 Å². The Morgan fingerprint density at radius 1 is 1.38 bits per heavy atom. The second kappa shape index (κ2) is 12.1. The van der Waals surface area contributed by atoms with Crippen LogP contribution in [0.15, 0.2) is 43.5 Å². The lowest BCUT2D eigenvalue weighted by molar-refractivity contribution is -0.155. The van der Waals surface area contributed by atoms with E-state index in [1.54, 1.807) is 24.3 Å². The lowest BCUT2D eigenvalue weighted by atomic mass is 9.70. The molecule has 0 aliphatic carbocycles. The number of unbranched alkanes of at least 4 members (excludes halogenated alkanes) is 1. The second-order valence-electron chi connectivity index (χ2n) is 10.4. The van der Waals surface area contributed by atoms with Gasteiger partial charge in [0.05, 0.1) is 47.9 Å². The van der Waals surface area contributed by atoms with Crippen LogP contribution in [0.1, 0.15) is 38.2 Å². The molecule has 2 amide bonds. The van der Waals surface area contributed by atoms with E-state index in [-0.39, 0.29) is 30.5 Å². The number of fused-ring (bicyclic) bond motifs is 1. The summed E-state index contributed by atoms with van der Waals surface area (Å²) >= 11 is 10.2. The summed E-state index contributed by atoms with van der Waals surface area (Å²) in [6.45, 7) is 11.2. The second-order valence-corrected chi connectivity index (χ2v) is 12.0. The first-order valence-corrected chi connectivity index (χ1v) is 14.7. The number of rotatable bonds is 12. The highest BCUT2D eigenvalue weighted by atomic mass is 79.9. The number of aliphatic hydroxyl groups excluding tert-OH is 1. The zero-order chi connectivity index (χ0) is 28.5. The maximum absolute atomic E-state index is 14.6. The highest BCUT2D eigenvalue weighted by Crippen LogP contribution is 2.61. The lowest BCUT2D eigenvalue weighted by Crippen LogP contribution is -2.59. The molecule has 3 heterocycles. The fraction of sp³-hybridized carbons (Fsp3) is 0.552. The van der Waals surface area contributed by atoms with E-state index in [0.717, 1.165) is 5.56 Å². The first-order chi connectivity index (χ1) is 18.7. The molecule has 3 fully saturated rings. The number of halogens is 2. The minimum atomic E-state index is -1.27. The molecule has 0 radical (unpaired) electrons. The molecular formula is C29H36BrClN2O6. The van der Waals surface area contributed by atoms with Gasteiger partial charge in [-0.05, 0) is 44.2 Å². The number of hydrogen-bond acceptors (Lipinski definition) is 6. The number of carbonyl (C=O) groups is 3. The van der Waals surface area contributed by atoms with Crippen LogP contribution in [0.2, 0.25) is 5.02 Å². The van der Waals surface area contributed by atoms with Crippen molar-refractivity contribution in [3.8, 4) is 0 Å². The van der Waals surface area contributed by atoms with Crippen molar-refractivity contribution in [2.45, 2.75) is 68.1 Å². The number of hydrogen-bond donors (Lipinski definition) is 1. The topological polar surface area (TPSA) is 96.4 Å². The van der Waals surface area contributed by atoms with Gasteiger partial charge in [-0.2, -0.15) is 0 Å². The number of carbonyl (C=O) groups excluding carboxylic acids is 3. The molecule has 8 nitrogen and oxygen atoms in total. The Morgan fingerprint density at radius 2 is 2.13 bits per heavy atom. The minimum absolute atomic E-state index is 0.147. The third-order valence-electron chi connectivity index (χ3n) is 8.14. The summed E-state index contributed by atoms with van der Waals surface area (Å²) in [7, 11) is 0. The Hall–Kier alpha value is -2.20. The molecule has 0 aromatic heterocycles. The Kier molecular flexibility index (Phi) is 9.26. The van der Waals surface area contributed by atoms with Crippen LogP contribution in [0.4, 0.5) is 5.69 Å². The number of likely N-dealkylation sites (tertiary alicyclic amines) is 1. The fourth-order valence-electron chi connectivity index (χ4n) is 6.45. The number of alkyl halides is 1. The third kappa shape index (κ3) is 4.96. The number of aryl methyl sites for hydroxylation is 1. The largest absolute Gasteiger partial charge is 0.465 e. The van der Waals surface area contributed by atoms with E-state index in [4.69, 9.17) is 21.1 Å². The number of aliphatic hydroxyl groups is 1. The predicted molar refractivity (Wildman–Crippen MR) is 153 cm³/mol. The van der Waals surface area contributed by atoms with Crippen LogP contribution in [0.3, 0.4) is 0 Å². The van der Waals surface area contributed by atoms with E-state index in [9.17, 15) is 19.5 Å².